The van der Waals surface area contributed by atoms with E-state index in [2.05, 4.69) is 172 Å². The third kappa shape index (κ3) is 3.90. The molecule has 7 aromatic carbocycles. The fourth-order valence-electron chi connectivity index (χ4n) is 7.52. The molecule has 4 heteroatoms. The Morgan fingerprint density at radius 2 is 1.00 bits per heavy atom. The summed E-state index contributed by atoms with van der Waals surface area (Å²) in [5.41, 5.74) is 10.00. The van der Waals surface area contributed by atoms with Crippen LogP contribution in [0.5, 0.6) is 0 Å². The molecule has 0 saturated heterocycles. The first kappa shape index (κ1) is 26.7. The molecule has 0 N–H and O–H groups in total. The van der Waals surface area contributed by atoms with Crippen molar-refractivity contribution in [2.75, 3.05) is 0 Å². The maximum absolute atomic E-state index is 5.38. The van der Waals surface area contributed by atoms with Crippen LogP contribution in [0, 0.1) is 0 Å². The van der Waals surface area contributed by atoms with Crippen LogP contribution in [0.2, 0.25) is 0 Å². The lowest BCUT2D eigenvalue weighted by atomic mass is 9.99. The van der Waals surface area contributed by atoms with E-state index in [1.54, 1.807) is 0 Å². The number of hydrogen-bond acceptors (Lipinski definition) is 2. The zero-order valence-corrected chi connectivity index (χ0v) is 26.0. The molecule has 0 spiro atoms. The number of nitrogens with zero attached hydrogens (tertiary/aromatic N) is 4. The second-order valence-electron chi connectivity index (χ2n) is 12.2. The molecule has 0 fully saturated rings. The smallest absolute Gasteiger partial charge is 0.145 e. The molecule has 0 atom stereocenters. The summed E-state index contributed by atoms with van der Waals surface area (Å²) in [6.45, 7) is 0. The molecular weight excluding hydrogens is 585 g/mol. The second-order valence-corrected chi connectivity index (χ2v) is 12.2. The lowest BCUT2D eigenvalue weighted by Gasteiger charge is -2.14. The number of pyridine rings is 1. The molecule has 4 nitrogen and oxygen atoms in total. The molecule has 48 heavy (non-hydrogen) atoms. The summed E-state index contributed by atoms with van der Waals surface area (Å²) in [5, 5.41) is 7.21. The maximum Gasteiger partial charge on any atom is 0.145 e. The Bertz CT molecular complexity index is 2810. The van der Waals surface area contributed by atoms with Crippen molar-refractivity contribution < 1.29 is 0 Å². The van der Waals surface area contributed by atoms with Crippen LogP contribution < -0.4 is 0 Å². The van der Waals surface area contributed by atoms with Crippen LogP contribution in [-0.4, -0.2) is 19.1 Å². The summed E-state index contributed by atoms with van der Waals surface area (Å²) in [4.78, 5) is 9.89. The van der Waals surface area contributed by atoms with Gasteiger partial charge in [0.15, 0.2) is 0 Å². The third-order valence-electron chi connectivity index (χ3n) is 9.61. The van der Waals surface area contributed by atoms with E-state index in [-0.39, 0.29) is 0 Å². The van der Waals surface area contributed by atoms with Gasteiger partial charge in [0.05, 0.1) is 28.3 Å². The largest absolute Gasteiger partial charge is 0.307 e. The molecule has 0 aliphatic heterocycles. The van der Waals surface area contributed by atoms with Gasteiger partial charge in [0.25, 0.3) is 0 Å². The van der Waals surface area contributed by atoms with Gasteiger partial charge in [0, 0.05) is 50.2 Å². The predicted octanol–water partition coefficient (Wildman–Crippen LogP) is 11.2. The first-order valence-corrected chi connectivity index (χ1v) is 16.3. The van der Waals surface area contributed by atoms with Crippen LogP contribution >= 0.6 is 0 Å². The molecule has 3 aromatic heterocycles. The standard InChI is InChI=1S/C44H28N4/c1-3-12-30(13-4-1)44-46-41-37-18-9-7-16-34(37)35-17-8-10-19-38(35)43(41)48(44)32-24-22-29(23-25-32)33-20-11-21-39-36-26-27-45-28-40(36)47(42(33)39)31-14-5-2-6-15-31/h1-28H. The van der Waals surface area contributed by atoms with E-state index in [1.165, 1.54) is 38.0 Å². The van der Waals surface area contributed by atoms with Gasteiger partial charge in [-0.05, 0) is 46.7 Å². The van der Waals surface area contributed by atoms with Gasteiger partial charge >= 0.3 is 0 Å². The molecule has 0 unspecified atom stereocenters. The van der Waals surface area contributed by atoms with Gasteiger partial charge in [-0.15, -0.1) is 0 Å². The van der Waals surface area contributed by atoms with Crippen molar-refractivity contribution in [3.63, 3.8) is 0 Å². The van der Waals surface area contributed by atoms with E-state index in [0.29, 0.717) is 0 Å². The van der Waals surface area contributed by atoms with Gasteiger partial charge in [-0.1, -0.05) is 127 Å². The monoisotopic (exact) mass is 612 g/mol. The van der Waals surface area contributed by atoms with Gasteiger partial charge in [-0.25, -0.2) is 4.98 Å². The summed E-state index contributed by atoms with van der Waals surface area (Å²) < 4.78 is 4.69. The number of benzene rings is 7. The normalized spacial score (nSPS) is 11.8. The van der Waals surface area contributed by atoms with Crippen LogP contribution in [0.4, 0.5) is 0 Å². The highest BCUT2D eigenvalue weighted by atomic mass is 15.1. The van der Waals surface area contributed by atoms with E-state index in [9.17, 15) is 0 Å². The first-order chi connectivity index (χ1) is 23.8. The van der Waals surface area contributed by atoms with Crippen LogP contribution in [-0.2, 0) is 0 Å². The first-order valence-electron chi connectivity index (χ1n) is 16.3. The quantitative estimate of drug-likeness (QED) is 0.185. The lowest BCUT2D eigenvalue weighted by molar-refractivity contribution is 1.11. The Morgan fingerprint density at radius 1 is 0.396 bits per heavy atom. The summed E-state index contributed by atoms with van der Waals surface area (Å²) >= 11 is 0. The average Bonchev–Trinajstić information content (AvgIpc) is 3.73. The Hall–Kier alpha value is -6.52. The molecule has 0 radical (unpaired) electrons. The minimum absolute atomic E-state index is 0.929. The second kappa shape index (κ2) is 10.5. The number of hydrogen-bond donors (Lipinski definition) is 0. The molecule has 0 aliphatic carbocycles. The van der Waals surface area contributed by atoms with Crippen molar-refractivity contribution >= 4 is 54.4 Å². The van der Waals surface area contributed by atoms with Crippen molar-refractivity contribution in [1.29, 1.82) is 0 Å². The van der Waals surface area contributed by atoms with Crippen molar-refractivity contribution in [3.05, 3.63) is 170 Å². The Kier molecular flexibility index (Phi) is 5.84. The topological polar surface area (TPSA) is 35.6 Å². The molecule has 3 heterocycles. The van der Waals surface area contributed by atoms with Crippen molar-refractivity contribution in [2.45, 2.75) is 0 Å². The highest BCUT2D eigenvalue weighted by Crippen LogP contribution is 2.41. The van der Waals surface area contributed by atoms with Gasteiger partial charge in [0.2, 0.25) is 0 Å². The van der Waals surface area contributed by atoms with E-state index in [0.717, 1.165) is 50.3 Å². The lowest BCUT2D eigenvalue weighted by Crippen LogP contribution is -1.99. The number of imidazole rings is 1. The van der Waals surface area contributed by atoms with Crippen molar-refractivity contribution in [1.82, 2.24) is 19.1 Å². The fraction of sp³-hybridized carbons (Fsp3) is 0. The number of rotatable bonds is 4. The highest BCUT2D eigenvalue weighted by Gasteiger charge is 2.21. The van der Waals surface area contributed by atoms with Crippen LogP contribution in [0.25, 0.3) is 88.3 Å². The summed E-state index contributed by atoms with van der Waals surface area (Å²) in [7, 11) is 0. The minimum atomic E-state index is 0.929. The van der Waals surface area contributed by atoms with E-state index < -0.39 is 0 Å². The summed E-state index contributed by atoms with van der Waals surface area (Å²) in [5.74, 6) is 0.929. The number of para-hydroxylation sites is 2. The zero-order chi connectivity index (χ0) is 31.6. The molecule has 10 rings (SSSR count). The molecule has 0 bridgehead atoms. The van der Waals surface area contributed by atoms with E-state index >= 15 is 0 Å². The SMILES string of the molecule is c1ccc(-c2nc3c4ccccc4c4ccccc4c3n2-c2ccc(-c3cccc4c5ccncc5n(-c5ccccc5)c34)cc2)cc1. The van der Waals surface area contributed by atoms with Crippen molar-refractivity contribution in [2.24, 2.45) is 0 Å². The molecule has 10 aromatic rings. The Balaban J connectivity index is 1.24. The molecular formula is C44H28N4. The third-order valence-corrected chi connectivity index (χ3v) is 9.61. The molecule has 0 saturated carbocycles. The fourth-order valence-corrected chi connectivity index (χ4v) is 7.52. The van der Waals surface area contributed by atoms with Gasteiger partial charge < -0.3 is 4.57 Å². The van der Waals surface area contributed by atoms with Gasteiger partial charge in [-0.3, -0.25) is 9.55 Å². The minimum Gasteiger partial charge on any atom is -0.307 e. The Morgan fingerprint density at radius 3 is 1.77 bits per heavy atom. The van der Waals surface area contributed by atoms with Crippen LogP contribution in [0.3, 0.4) is 0 Å². The Labute approximate surface area is 276 Å². The molecule has 0 amide bonds. The summed E-state index contributed by atoms with van der Waals surface area (Å²) in [6.07, 6.45) is 3.85. The van der Waals surface area contributed by atoms with Crippen LogP contribution in [0.1, 0.15) is 0 Å². The highest BCUT2D eigenvalue weighted by molar-refractivity contribution is 6.24. The molecule has 224 valence electrons. The summed E-state index contributed by atoms with van der Waals surface area (Å²) in [6, 6.07) is 56.1. The average molecular weight is 613 g/mol. The molecule has 0 aliphatic rings. The van der Waals surface area contributed by atoms with Gasteiger partial charge in [-0.2, -0.15) is 0 Å². The predicted molar refractivity (Wildman–Crippen MR) is 199 cm³/mol. The zero-order valence-electron chi connectivity index (χ0n) is 26.0. The van der Waals surface area contributed by atoms with E-state index in [4.69, 9.17) is 4.98 Å². The van der Waals surface area contributed by atoms with E-state index in [1.807, 2.05) is 12.4 Å². The number of fused-ring (bicyclic) bond motifs is 9. The van der Waals surface area contributed by atoms with Crippen molar-refractivity contribution in [3.8, 4) is 33.9 Å². The van der Waals surface area contributed by atoms with Gasteiger partial charge in [0.1, 0.15) is 5.82 Å². The number of aromatic nitrogens is 4. The van der Waals surface area contributed by atoms with Crippen LogP contribution in [0.15, 0.2) is 170 Å². The maximum atomic E-state index is 5.38.